The molecular weight excluding hydrogens is 320 g/mol. The number of rotatable bonds is 7. The van der Waals surface area contributed by atoms with Gasteiger partial charge in [0, 0.05) is 23.4 Å². The Kier molecular flexibility index (Phi) is 6.39. The summed E-state index contributed by atoms with van der Waals surface area (Å²) in [6.07, 6.45) is 1.24. The van der Waals surface area contributed by atoms with E-state index in [2.05, 4.69) is 10.6 Å². The number of methoxy groups -OCH3 is 2. The van der Waals surface area contributed by atoms with E-state index < -0.39 is 0 Å². The molecule has 0 aromatic heterocycles. The fourth-order valence-corrected chi connectivity index (χ4v) is 2.31. The lowest BCUT2D eigenvalue weighted by Crippen LogP contribution is -2.13. The second-order valence-corrected chi connectivity index (χ2v) is 5.40. The van der Waals surface area contributed by atoms with Crippen LogP contribution in [0.2, 0.25) is 0 Å². The van der Waals surface area contributed by atoms with Crippen molar-refractivity contribution in [2.45, 2.75) is 19.8 Å². The van der Waals surface area contributed by atoms with E-state index in [9.17, 15) is 9.59 Å². The van der Waals surface area contributed by atoms with Crippen LogP contribution in [0.1, 0.15) is 30.1 Å². The average molecular weight is 342 g/mol. The second kappa shape index (κ2) is 8.73. The summed E-state index contributed by atoms with van der Waals surface area (Å²) in [5, 5.41) is 5.61. The topological polar surface area (TPSA) is 76.7 Å². The lowest BCUT2D eigenvalue weighted by Gasteiger charge is -2.11. The van der Waals surface area contributed by atoms with Crippen molar-refractivity contribution in [3.05, 3.63) is 48.0 Å². The van der Waals surface area contributed by atoms with Gasteiger partial charge in [-0.25, -0.2) is 0 Å². The lowest BCUT2D eigenvalue weighted by molar-refractivity contribution is -0.116. The highest BCUT2D eigenvalue weighted by Crippen LogP contribution is 2.28. The van der Waals surface area contributed by atoms with Crippen LogP contribution in [-0.2, 0) is 4.79 Å². The van der Waals surface area contributed by atoms with E-state index in [0.717, 1.165) is 6.42 Å². The van der Waals surface area contributed by atoms with Crippen molar-refractivity contribution in [2.24, 2.45) is 0 Å². The monoisotopic (exact) mass is 342 g/mol. The van der Waals surface area contributed by atoms with E-state index in [-0.39, 0.29) is 11.8 Å². The molecule has 0 fully saturated rings. The molecule has 2 aromatic carbocycles. The largest absolute Gasteiger partial charge is 0.493 e. The van der Waals surface area contributed by atoms with Crippen LogP contribution >= 0.6 is 0 Å². The first kappa shape index (κ1) is 18.3. The molecule has 0 bridgehead atoms. The van der Waals surface area contributed by atoms with Crippen LogP contribution in [-0.4, -0.2) is 26.0 Å². The Labute approximate surface area is 147 Å². The summed E-state index contributed by atoms with van der Waals surface area (Å²) < 4.78 is 10.4. The maximum Gasteiger partial charge on any atom is 0.255 e. The Bertz CT molecular complexity index is 759. The molecule has 0 spiro atoms. The van der Waals surface area contributed by atoms with Crippen molar-refractivity contribution in [2.75, 3.05) is 24.9 Å². The van der Waals surface area contributed by atoms with Gasteiger partial charge in [0.15, 0.2) is 11.5 Å². The molecule has 0 heterocycles. The summed E-state index contributed by atoms with van der Waals surface area (Å²) in [5.74, 6) is 0.708. The second-order valence-electron chi connectivity index (χ2n) is 5.40. The molecular formula is C19H22N2O4. The van der Waals surface area contributed by atoms with E-state index in [1.54, 1.807) is 42.5 Å². The molecule has 0 aliphatic heterocycles. The quantitative estimate of drug-likeness (QED) is 0.804. The number of carbonyl (C=O) groups excluding carboxylic acids is 2. The maximum atomic E-state index is 12.4. The van der Waals surface area contributed by atoms with Crippen LogP contribution in [0.15, 0.2) is 42.5 Å². The van der Waals surface area contributed by atoms with Gasteiger partial charge >= 0.3 is 0 Å². The summed E-state index contributed by atoms with van der Waals surface area (Å²) in [6, 6.07) is 12.0. The van der Waals surface area contributed by atoms with E-state index in [0.29, 0.717) is 34.9 Å². The van der Waals surface area contributed by atoms with E-state index in [4.69, 9.17) is 9.47 Å². The minimum atomic E-state index is -0.280. The molecule has 6 heteroatoms. The lowest BCUT2D eigenvalue weighted by atomic mass is 10.1. The van der Waals surface area contributed by atoms with E-state index >= 15 is 0 Å². The normalized spacial score (nSPS) is 10.0. The van der Waals surface area contributed by atoms with Gasteiger partial charge in [0.2, 0.25) is 5.91 Å². The molecule has 0 unspecified atom stereocenters. The Morgan fingerprint density at radius 1 is 0.920 bits per heavy atom. The summed E-state index contributed by atoms with van der Waals surface area (Å²) in [7, 11) is 3.05. The van der Waals surface area contributed by atoms with Gasteiger partial charge in [-0.2, -0.15) is 0 Å². The maximum absolute atomic E-state index is 12.4. The van der Waals surface area contributed by atoms with Gasteiger partial charge in [-0.15, -0.1) is 0 Å². The average Bonchev–Trinajstić information content (AvgIpc) is 2.61. The SMILES string of the molecule is CCCC(=O)Nc1cccc(NC(=O)c2ccc(OC)c(OC)c2)c1. The molecule has 0 atom stereocenters. The predicted molar refractivity (Wildman–Crippen MR) is 97.5 cm³/mol. The van der Waals surface area contributed by atoms with Crippen molar-refractivity contribution < 1.29 is 19.1 Å². The van der Waals surface area contributed by atoms with Gasteiger partial charge in [0.1, 0.15) is 0 Å². The van der Waals surface area contributed by atoms with Gasteiger partial charge in [0.05, 0.1) is 14.2 Å². The highest BCUT2D eigenvalue weighted by Gasteiger charge is 2.11. The first-order chi connectivity index (χ1) is 12.1. The number of nitrogens with one attached hydrogen (secondary N) is 2. The van der Waals surface area contributed by atoms with Crippen molar-refractivity contribution in [1.29, 1.82) is 0 Å². The molecule has 6 nitrogen and oxygen atoms in total. The zero-order valence-corrected chi connectivity index (χ0v) is 14.6. The first-order valence-electron chi connectivity index (χ1n) is 8.00. The van der Waals surface area contributed by atoms with Gasteiger partial charge in [-0.3, -0.25) is 9.59 Å². The third-order valence-corrected chi connectivity index (χ3v) is 3.53. The number of benzene rings is 2. The molecule has 0 aliphatic rings. The number of hydrogen-bond acceptors (Lipinski definition) is 4. The molecule has 2 rings (SSSR count). The predicted octanol–water partition coefficient (Wildman–Crippen LogP) is 3.69. The van der Waals surface area contributed by atoms with Gasteiger partial charge in [-0.05, 0) is 42.8 Å². The molecule has 25 heavy (non-hydrogen) atoms. The first-order valence-corrected chi connectivity index (χ1v) is 8.00. The Morgan fingerprint density at radius 2 is 1.60 bits per heavy atom. The van der Waals surface area contributed by atoms with Crippen molar-refractivity contribution >= 4 is 23.2 Å². The molecule has 0 aliphatic carbocycles. The van der Waals surface area contributed by atoms with Crippen LogP contribution in [0.25, 0.3) is 0 Å². The fourth-order valence-electron chi connectivity index (χ4n) is 2.31. The molecule has 2 amide bonds. The molecule has 0 radical (unpaired) electrons. The van der Waals surface area contributed by atoms with Crippen LogP contribution < -0.4 is 20.1 Å². The van der Waals surface area contributed by atoms with Gasteiger partial charge < -0.3 is 20.1 Å². The van der Waals surface area contributed by atoms with Crippen LogP contribution in [0, 0.1) is 0 Å². The molecule has 0 saturated carbocycles. The number of hydrogen-bond donors (Lipinski definition) is 2. The number of amides is 2. The summed E-state index contributed by atoms with van der Waals surface area (Å²) in [5.41, 5.74) is 1.68. The third kappa shape index (κ3) is 4.97. The zero-order chi connectivity index (χ0) is 18.2. The molecule has 132 valence electrons. The zero-order valence-electron chi connectivity index (χ0n) is 14.6. The van der Waals surface area contributed by atoms with Crippen LogP contribution in [0.3, 0.4) is 0 Å². The minimum Gasteiger partial charge on any atom is -0.493 e. The van der Waals surface area contributed by atoms with E-state index in [1.165, 1.54) is 14.2 Å². The van der Waals surface area contributed by atoms with Crippen molar-refractivity contribution in [3.8, 4) is 11.5 Å². The number of anilines is 2. The number of carbonyl (C=O) groups is 2. The highest BCUT2D eigenvalue weighted by atomic mass is 16.5. The summed E-state index contributed by atoms with van der Waals surface area (Å²) >= 11 is 0. The summed E-state index contributed by atoms with van der Waals surface area (Å²) in [6.45, 7) is 1.94. The van der Waals surface area contributed by atoms with Crippen molar-refractivity contribution in [3.63, 3.8) is 0 Å². The smallest absolute Gasteiger partial charge is 0.255 e. The van der Waals surface area contributed by atoms with Crippen molar-refractivity contribution in [1.82, 2.24) is 0 Å². The molecule has 2 N–H and O–H groups in total. The summed E-state index contributed by atoms with van der Waals surface area (Å²) in [4.78, 5) is 24.1. The third-order valence-electron chi connectivity index (χ3n) is 3.53. The Hall–Kier alpha value is -3.02. The standard InChI is InChI=1S/C19H22N2O4/c1-4-6-18(22)20-14-7-5-8-15(12-14)21-19(23)13-9-10-16(24-2)17(11-13)25-3/h5,7-12H,4,6H2,1-3H3,(H,20,22)(H,21,23). The number of ether oxygens (including phenoxy) is 2. The molecule has 0 saturated heterocycles. The fraction of sp³-hybridized carbons (Fsp3) is 0.263. The van der Waals surface area contributed by atoms with Crippen LogP contribution in [0.5, 0.6) is 11.5 Å². The highest BCUT2D eigenvalue weighted by molar-refractivity contribution is 6.05. The Balaban J connectivity index is 2.11. The van der Waals surface area contributed by atoms with Gasteiger partial charge in [0.25, 0.3) is 5.91 Å². The molecule has 2 aromatic rings. The Morgan fingerprint density at radius 3 is 2.24 bits per heavy atom. The van der Waals surface area contributed by atoms with Gasteiger partial charge in [-0.1, -0.05) is 13.0 Å². The van der Waals surface area contributed by atoms with Crippen LogP contribution in [0.4, 0.5) is 11.4 Å². The van der Waals surface area contributed by atoms with E-state index in [1.807, 2.05) is 6.92 Å². The minimum absolute atomic E-state index is 0.0501.